The first kappa shape index (κ1) is 16.7. The van der Waals surface area contributed by atoms with Gasteiger partial charge in [-0.3, -0.25) is 9.59 Å². The van der Waals surface area contributed by atoms with Crippen molar-refractivity contribution in [3.05, 3.63) is 0 Å². The monoisotopic (exact) mass is 322 g/mol. The summed E-state index contributed by atoms with van der Waals surface area (Å²) in [7, 11) is 0. The van der Waals surface area contributed by atoms with Gasteiger partial charge in [-0.05, 0) is 32.6 Å². The fourth-order valence-corrected chi connectivity index (χ4v) is 4.38. The van der Waals surface area contributed by atoms with E-state index in [4.69, 9.17) is 4.74 Å². The Labute approximate surface area is 139 Å². The minimum Gasteiger partial charge on any atom is -0.365 e. The van der Waals surface area contributed by atoms with Gasteiger partial charge in [0.1, 0.15) is 6.10 Å². The smallest absolute Gasteiger partial charge is 0.252 e. The quantitative estimate of drug-likeness (QED) is 0.812. The van der Waals surface area contributed by atoms with Crippen molar-refractivity contribution in [1.29, 1.82) is 0 Å². The zero-order valence-corrected chi connectivity index (χ0v) is 14.3. The fourth-order valence-electron chi connectivity index (χ4n) is 4.38. The lowest BCUT2D eigenvalue weighted by atomic mass is 9.87. The summed E-state index contributed by atoms with van der Waals surface area (Å²) in [6.45, 7) is 2.05. The number of fused-ring (bicyclic) bond motifs is 1. The van der Waals surface area contributed by atoms with Crippen LogP contribution >= 0.6 is 0 Å². The van der Waals surface area contributed by atoms with E-state index in [-0.39, 0.29) is 36.5 Å². The Morgan fingerprint density at radius 2 is 1.74 bits per heavy atom. The Hall–Kier alpha value is -1.10. The van der Waals surface area contributed by atoms with Gasteiger partial charge in [-0.25, -0.2) is 0 Å². The molecule has 0 radical (unpaired) electrons. The molecular formula is C18H30N2O3. The summed E-state index contributed by atoms with van der Waals surface area (Å²) in [4.78, 5) is 26.6. The molecule has 0 unspecified atom stereocenters. The zero-order valence-electron chi connectivity index (χ0n) is 14.3. The maximum absolute atomic E-state index is 12.9. The van der Waals surface area contributed by atoms with Gasteiger partial charge in [0.05, 0.1) is 18.7 Å². The normalized spacial score (nSPS) is 31.0. The second-order valence-corrected chi connectivity index (χ2v) is 7.38. The molecule has 1 N–H and O–H groups in total. The number of hydrogen-bond acceptors (Lipinski definition) is 3. The van der Waals surface area contributed by atoms with E-state index in [9.17, 15) is 9.59 Å². The predicted octanol–water partition coefficient (Wildman–Crippen LogP) is 2.38. The molecule has 5 nitrogen and oxygen atoms in total. The van der Waals surface area contributed by atoms with Crippen molar-refractivity contribution in [3.63, 3.8) is 0 Å². The number of piperazine rings is 1. The van der Waals surface area contributed by atoms with E-state index in [0.717, 1.165) is 38.5 Å². The van der Waals surface area contributed by atoms with E-state index in [0.29, 0.717) is 0 Å². The second-order valence-electron chi connectivity index (χ2n) is 7.38. The highest BCUT2D eigenvalue weighted by Crippen LogP contribution is 2.27. The van der Waals surface area contributed by atoms with Crippen LogP contribution in [0.1, 0.15) is 71.1 Å². The first-order valence-corrected chi connectivity index (χ1v) is 9.40. The van der Waals surface area contributed by atoms with E-state index in [1.165, 1.54) is 25.7 Å². The third-order valence-electron chi connectivity index (χ3n) is 5.62. The van der Waals surface area contributed by atoms with Crippen molar-refractivity contribution < 1.29 is 14.3 Å². The average Bonchev–Trinajstić information content (AvgIpc) is 2.82. The molecule has 3 atom stereocenters. The highest BCUT2D eigenvalue weighted by atomic mass is 16.5. The number of rotatable bonds is 3. The molecule has 2 aliphatic carbocycles. The molecule has 0 aromatic heterocycles. The maximum Gasteiger partial charge on any atom is 0.252 e. The maximum atomic E-state index is 12.9. The topological polar surface area (TPSA) is 58.6 Å². The third kappa shape index (κ3) is 4.06. The van der Waals surface area contributed by atoms with Crippen LogP contribution in [-0.2, 0) is 14.3 Å². The van der Waals surface area contributed by atoms with E-state index >= 15 is 0 Å². The van der Waals surface area contributed by atoms with E-state index in [1.54, 1.807) is 4.90 Å². The molecule has 3 fully saturated rings. The van der Waals surface area contributed by atoms with Gasteiger partial charge in [-0.1, -0.05) is 38.5 Å². The molecule has 2 amide bonds. The lowest BCUT2D eigenvalue weighted by molar-refractivity contribution is -0.156. The third-order valence-corrected chi connectivity index (χ3v) is 5.62. The van der Waals surface area contributed by atoms with Gasteiger partial charge < -0.3 is 15.0 Å². The SMILES string of the molecule is C[C@H](OC1CCCCCC1)C(=O)N1CC(=O)N[C@@H]2CCCC[C@@H]21. The Morgan fingerprint density at radius 3 is 2.48 bits per heavy atom. The molecule has 5 heteroatoms. The number of ether oxygens (including phenoxy) is 1. The van der Waals surface area contributed by atoms with Crippen molar-refractivity contribution in [2.45, 2.75) is 95.4 Å². The van der Waals surface area contributed by atoms with Gasteiger partial charge in [-0.2, -0.15) is 0 Å². The molecule has 3 rings (SSSR count). The van der Waals surface area contributed by atoms with Gasteiger partial charge >= 0.3 is 0 Å². The largest absolute Gasteiger partial charge is 0.365 e. The van der Waals surface area contributed by atoms with Gasteiger partial charge in [-0.15, -0.1) is 0 Å². The molecule has 0 aromatic rings. The summed E-state index contributed by atoms with van der Waals surface area (Å²) >= 11 is 0. The van der Waals surface area contributed by atoms with Crippen molar-refractivity contribution in [2.24, 2.45) is 0 Å². The Balaban J connectivity index is 1.61. The zero-order chi connectivity index (χ0) is 16.2. The Kier molecular flexibility index (Phi) is 5.57. The van der Waals surface area contributed by atoms with Crippen LogP contribution < -0.4 is 5.32 Å². The number of nitrogens with zero attached hydrogens (tertiary/aromatic N) is 1. The molecule has 23 heavy (non-hydrogen) atoms. The molecule has 0 spiro atoms. The summed E-state index contributed by atoms with van der Waals surface area (Å²) in [6, 6.07) is 0.299. The molecule has 3 aliphatic rings. The van der Waals surface area contributed by atoms with Crippen LogP contribution in [0.25, 0.3) is 0 Å². The highest BCUT2D eigenvalue weighted by molar-refractivity contribution is 5.88. The van der Waals surface area contributed by atoms with Crippen LogP contribution in [-0.4, -0.2) is 47.6 Å². The first-order valence-electron chi connectivity index (χ1n) is 9.40. The fraction of sp³-hybridized carbons (Fsp3) is 0.889. The van der Waals surface area contributed by atoms with Crippen LogP contribution in [0.2, 0.25) is 0 Å². The number of carbonyl (C=O) groups is 2. The Bertz CT molecular complexity index is 432. The number of amides is 2. The lowest BCUT2D eigenvalue weighted by Crippen LogP contribution is -2.64. The molecule has 1 saturated heterocycles. The Morgan fingerprint density at radius 1 is 1.09 bits per heavy atom. The predicted molar refractivity (Wildman–Crippen MR) is 87.9 cm³/mol. The second kappa shape index (κ2) is 7.65. The van der Waals surface area contributed by atoms with E-state index in [1.807, 2.05) is 6.92 Å². The highest BCUT2D eigenvalue weighted by Gasteiger charge is 2.40. The van der Waals surface area contributed by atoms with Crippen LogP contribution in [0, 0.1) is 0 Å². The summed E-state index contributed by atoms with van der Waals surface area (Å²) < 4.78 is 6.08. The molecule has 130 valence electrons. The van der Waals surface area contributed by atoms with Crippen LogP contribution in [0.3, 0.4) is 0 Å². The molecule has 0 aromatic carbocycles. The summed E-state index contributed by atoms with van der Waals surface area (Å²) in [5.74, 6) is -0.0239. The summed E-state index contributed by atoms with van der Waals surface area (Å²) in [5.41, 5.74) is 0. The van der Waals surface area contributed by atoms with Crippen LogP contribution in [0.5, 0.6) is 0 Å². The first-order chi connectivity index (χ1) is 11.1. The van der Waals surface area contributed by atoms with Gasteiger partial charge in [0.25, 0.3) is 5.91 Å². The average molecular weight is 322 g/mol. The molecule has 0 bridgehead atoms. The van der Waals surface area contributed by atoms with Crippen molar-refractivity contribution in [2.75, 3.05) is 6.54 Å². The number of carbonyl (C=O) groups excluding carboxylic acids is 2. The van der Waals surface area contributed by atoms with Crippen LogP contribution in [0.4, 0.5) is 0 Å². The van der Waals surface area contributed by atoms with Crippen molar-refractivity contribution in [3.8, 4) is 0 Å². The summed E-state index contributed by atoms with van der Waals surface area (Å²) in [5, 5.41) is 3.06. The minimum atomic E-state index is -0.438. The molecular weight excluding hydrogens is 292 g/mol. The molecule has 1 aliphatic heterocycles. The minimum absolute atomic E-state index is 0.000923. The molecule has 1 heterocycles. The van der Waals surface area contributed by atoms with E-state index < -0.39 is 6.10 Å². The standard InChI is InChI=1S/C18H30N2O3/c1-13(23-14-8-4-2-3-5-9-14)18(22)20-12-17(21)19-15-10-6-7-11-16(15)20/h13-16H,2-12H2,1H3,(H,19,21)/t13-,15+,16-/m0/s1. The number of hydrogen-bond donors (Lipinski definition) is 1. The van der Waals surface area contributed by atoms with E-state index in [2.05, 4.69) is 5.32 Å². The van der Waals surface area contributed by atoms with Gasteiger partial charge in [0.15, 0.2) is 0 Å². The lowest BCUT2D eigenvalue weighted by Gasteiger charge is -2.44. The van der Waals surface area contributed by atoms with Gasteiger partial charge in [0, 0.05) is 6.04 Å². The van der Waals surface area contributed by atoms with Crippen LogP contribution in [0.15, 0.2) is 0 Å². The number of nitrogens with one attached hydrogen (secondary N) is 1. The van der Waals surface area contributed by atoms with Crippen molar-refractivity contribution in [1.82, 2.24) is 10.2 Å². The summed E-state index contributed by atoms with van der Waals surface area (Å²) in [6.07, 6.45) is 11.1. The van der Waals surface area contributed by atoms with Crippen molar-refractivity contribution >= 4 is 11.8 Å². The van der Waals surface area contributed by atoms with Gasteiger partial charge in [0.2, 0.25) is 5.91 Å². The molecule has 2 saturated carbocycles.